The van der Waals surface area contributed by atoms with Crippen LogP contribution < -0.4 is 20.6 Å². The van der Waals surface area contributed by atoms with E-state index in [0.717, 1.165) is 26.8 Å². The quantitative estimate of drug-likeness (QED) is 0.291. The normalized spacial score (nSPS) is 14.5. The molecule has 1 aliphatic rings. The van der Waals surface area contributed by atoms with Crippen molar-refractivity contribution in [3.05, 3.63) is 65.3 Å². The van der Waals surface area contributed by atoms with Crippen LogP contribution in [0.5, 0.6) is 11.5 Å². The molecule has 1 atom stereocenters. The molecule has 3 aromatic heterocycles. The Balaban J connectivity index is 1.23. The Morgan fingerprint density at radius 2 is 2.03 bits per heavy atom. The Hall–Kier alpha value is -4.00. The summed E-state index contributed by atoms with van der Waals surface area (Å²) < 4.78 is 24.9. The van der Waals surface area contributed by atoms with E-state index in [1.165, 1.54) is 23.1 Å². The summed E-state index contributed by atoms with van der Waals surface area (Å²) in [6.07, 6.45) is 1.86. The maximum atomic E-state index is 11.3. The van der Waals surface area contributed by atoms with E-state index in [1.807, 2.05) is 46.6 Å². The van der Waals surface area contributed by atoms with Crippen molar-refractivity contribution in [3.63, 3.8) is 0 Å². The number of nitrogens with zero attached hydrogens (tertiary/aromatic N) is 3. The molecule has 0 radical (unpaired) electrons. The van der Waals surface area contributed by atoms with Crippen LogP contribution in [0, 0.1) is 0 Å². The van der Waals surface area contributed by atoms with Crippen LogP contribution in [-0.4, -0.2) is 40.3 Å². The molecule has 2 aromatic carbocycles. The number of nitrogens with two attached hydrogens (primary N) is 1. The molecule has 188 valence electrons. The van der Waals surface area contributed by atoms with Crippen molar-refractivity contribution in [2.24, 2.45) is 5.73 Å². The standard InChI is InChI=1S/C25H21N5O5S2/c1-32-16-7-19(34-11-15-12-36-23(27-15)14-5-3-13(4-6-14)22(26)31)17-9-21(35-20(17)8-16)18-10-30-24(28-18)37-25(29-30)33-2/h3-10,12,25,29H,11H2,1-2H3,(H2,26,31). The van der Waals surface area contributed by atoms with Gasteiger partial charge in [-0.25, -0.2) is 14.6 Å². The fourth-order valence-corrected chi connectivity index (χ4v) is 5.51. The number of ether oxygens (including phenoxy) is 3. The molecule has 0 spiro atoms. The van der Waals surface area contributed by atoms with Crippen LogP contribution in [0.25, 0.3) is 33.0 Å². The number of furan rings is 1. The van der Waals surface area contributed by atoms with E-state index in [1.54, 1.807) is 26.4 Å². The van der Waals surface area contributed by atoms with Gasteiger partial charge in [0.05, 0.1) is 24.4 Å². The number of rotatable bonds is 8. The summed E-state index contributed by atoms with van der Waals surface area (Å²) in [4.78, 5) is 20.6. The predicted octanol–water partition coefficient (Wildman–Crippen LogP) is 4.69. The van der Waals surface area contributed by atoms with Crippen molar-refractivity contribution in [2.45, 2.75) is 17.3 Å². The first-order valence-electron chi connectivity index (χ1n) is 11.2. The van der Waals surface area contributed by atoms with Crippen molar-refractivity contribution in [1.82, 2.24) is 14.6 Å². The molecule has 37 heavy (non-hydrogen) atoms. The minimum atomic E-state index is -0.459. The number of primary amides is 1. The van der Waals surface area contributed by atoms with Crippen LogP contribution in [0.1, 0.15) is 16.1 Å². The van der Waals surface area contributed by atoms with E-state index in [0.29, 0.717) is 34.1 Å². The highest BCUT2D eigenvalue weighted by Crippen LogP contribution is 2.38. The van der Waals surface area contributed by atoms with Gasteiger partial charge in [-0.2, -0.15) is 0 Å². The van der Waals surface area contributed by atoms with Gasteiger partial charge in [0.2, 0.25) is 5.91 Å². The Morgan fingerprint density at radius 3 is 2.76 bits per heavy atom. The van der Waals surface area contributed by atoms with E-state index < -0.39 is 5.91 Å². The third kappa shape index (κ3) is 4.50. The van der Waals surface area contributed by atoms with Gasteiger partial charge in [0.15, 0.2) is 16.5 Å². The van der Waals surface area contributed by atoms with Crippen molar-refractivity contribution >= 4 is 40.0 Å². The van der Waals surface area contributed by atoms with Gasteiger partial charge in [-0.15, -0.1) is 11.3 Å². The highest BCUT2D eigenvalue weighted by atomic mass is 32.2. The van der Waals surface area contributed by atoms with Gasteiger partial charge in [0.25, 0.3) is 0 Å². The molecule has 4 heterocycles. The average molecular weight is 536 g/mol. The number of thiazole rings is 1. The van der Waals surface area contributed by atoms with Gasteiger partial charge in [-0.3, -0.25) is 10.2 Å². The second-order valence-electron chi connectivity index (χ2n) is 8.12. The summed E-state index contributed by atoms with van der Waals surface area (Å²) in [6, 6.07) is 12.6. The van der Waals surface area contributed by atoms with Crippen LogP contribution in [0.15, 0.2) is 63.6 Å². The fourth-order valence-electron chi connectivity index (χ4n) is 3.87. The summed E-state index contributed by atoms with van der Waals surface area (Å²) in [5.41, 5.74) is 11.8. The predicted molar refractivity (Wildman–Crippen MR) is 140 cm³/mol. The minimum Gasteiger partial charge on any atom is -0.496 e. The average Bonchev–Trinajstić information content (AvgIpc) is 3.69. The Bertz CT molecular complexity index is 1580. The molecule has 1 amide bonds. The highest BCUT2D eigenvalue weighted by molar-refractivity contribution is 7.99. The van der Waals surface area contributed by atoms with E-state index >= 15 is 0 Å². The molecule has 0 saturated heterocycles. The number of thioether (sulfide) groups is 1. The smallest absolute Gasteiger partial charge is 0.248 e. The van der Waals surface area contributed by atoms with E-state index in [9.17, 15) is 4.79 Å². The summed E-state index contributed by atoms with van der Waals surface area (Å²) in [7, 11) is 3.24. The van der Waals surface area contributed by atoms with Crippen molar-refractivity contribution in [2.75, 3.05) is 19.6 Å². The van der Waals surface area contributed by atoms with Crippen molar-refractivity contribution in [3.8, 4) is 33.5 Å². The van der Waals surface area contributed by atoms with Crippen LogP contribution in [0.4, 0.5) is 0 Å². The number of nitrogens with one attached hydrogen (secondary N) is 1. The second kappa shape index (κ2) is 9.47. The maximum absolute atomic E-state index is 11.3. The molecular formula is C25H21N5O5S2. The number of carbonyl (C=O) groups is 1. The number of carbonyl (C=O) groups excluding carboxylic acids is 1. The zero-order valence-corrected chi connectivity index (χ0v) is 21.4. The van der Waals surface area contributed by atoms with Gasteiger partial charge in [0, 0.05) is 35.7 Å². The van der Waals surface area contributed by atoms with E-state index in [-0.39, 0.29) is 12.2 Å². The molecular weight excluding hydrogens is 514 g/mol. The lowest BCUT2D eigenvalue weighted by molar-refractivity contribution is 0.100. The van der Waals surface area contributed by atoms with Gasteiger partial charge < -0.3 is 24.4 Å². The van der Waals surface area contributed by atoms with Crippen LogP contribution in [0.3, 0.4) is 0 Å². The molecule has 10 nitrogen and oxygen atoms in total. The summed E-state index contributed by atoms with van der Waals surface area (Å²) in [6.45, 7) is 0.260. The molecule has 1 aliphatic heterocycles. The molecule has 0 bridgehead atoms. The third-order valence-electron chi connectivity index (χ3n) is 5.75. The lowest BCUT2D eigenvalue weighted by Crippen LogP contribution is -2.19. The van der Waals surface area contributed by atoms with Crippen LogP contribution >= 0.6 is 23.1 Å². The molecule has 0 aliphatic carbocycles. The Morgan fingerprint density at radius 1 is 1.19 bits per heavy atom. The number of aromatic nitrogens is 3. The molecule has 1 unspecified atom stereocenters. The number of imidazole rings is 1. The molecule has 0 fully saturated rings. The van der Waals surface area contributed by atoms with E-state index in [4.69, 9.17) is 24.4 Å². The van der Waals surface area contributed by atoms with Gasteiger partial charge in [-0.05, 0) is 30.0 Å². The fraction of sp³-hybridized carbons (Fsp3) is 0.160. The summed E-state index contributed by atoms with van der Waals surface area (Å²) >= 11 is 2.98. The Labute approximate surface area is 219 Å². The molecule has 12 heteroatoms. The first-order chi connectivity index (χ1) is 18.0. The number of amides is 1. The molecule has 0 saturated carbocycles. The minimum absolute atomic E-state index is 0.169. The topological polar surface area (TPSA) is 127 Å². The van der Waals surface area contributed by atoms with Gasteiger partial charge in [-0.1, -0.05) is 12.1 Å². The zero-order valence-electron chi connectivity index (χ0n) is 19.8. The molecule has 3 N–H and O–H groups in total. The van der Waals surface area contributed by atoms with E-state index in [2.05, 4.69) is 15.4 Å². The largest absolute Gasteiger partial charge is 0.496 e. The maximum Gasteiger partial charge on any atom is 0.248 e. The van der Waals surface area contributed by atoms with Crippen LogP contribution in [0.2, 0.25) is 0 Å². The third-order valence-corrected chi connectivity index (χ3v) is 7.70. The first-order valence-corrected chi connectivity index (χ1v) is 12.9. The second-order valence-corrected chi connectivity index (χ2v) is 10.0. The SMILES string of the molecule is COc1cc(OCc2csc(-c3ccc(C(N)=O)cc3)n2)c2cc(-c3cn4c(n3)SC(OC)N4)oc2c1. The van der Waals surface area contributed by atoms with Gasteiger partial charge in [0.1, 0.15) is 34.4 Å². The first kappa shape index (κ1) is 23.4. The summed E-state index contributed by atoms with van der Waals surface area (Å²) in [5.74, 6) is 1.38. The zero-order chi connectivity index (χ0) is 25.5. The molecule has 6 rings (SSSR count). The highest BCUT2D eigenvalue weighted by Gasteiger charge is 2.25. The number of fused-ring (bicyclic) bond motifs is 2. The number of benzene rings is 2. The number of hydrogen-bond donors (Lipinski definition) is 2. The lowest BCUT2D eigenvalue weighted by Gasteiger charge is -2.08. The lowest BCUT2D eigenvalue weighted by atomic mass is 10.1. The van der Waals surface area contributed by atoms with Crippen molar-refractivity contribution < 1.29 is 23.4 Å². The van der Waals surface area contributed by atoms with Crippen molar-refractivity contribution in [1.29, 1.82) is 0 Å². The van der Waals surface area contributed by atoms with Gasteiger partial charge >= 0.3 is 0 Å². The Kier molecular flexibility index (Phi) is 5.99. The molecule has 5 aromatic rings. The summed E-state index contributed by atoms with van der Waals surface area (Å²) in [5, 5.41) is 4.36. The number of methoxy groups -OCH3 is 2. The monoisotopic (exact) mass is 535 g/mol. The number of hydrogen-bond acceptors (Lipinski definition) is 10. The van der Waals surface area contributed by atoms with Crippen LogP contribution in [-0.2, 0) is 11.3 Å².